The molecule has 2 fully saturated rings. The highest BCUT2D eigenvalue weighted by molar-refractivity contribution is 8.06. The van der Waals surface area contributed by atoms with Crippen LogP contribution in [0.2, 0.25) is 0 Å². The number of fused-ring (bicyclic) bond motifs is 1. The van der Waals surface area contributed by atoms with Crippen molar-refractivity contribution in [3.63, 3.8) is 0 Å². The van der Waals surface area contributed by atoms with Gasteiger partial charge in [-0.3, -0.25) is 4.79 Å². The van der Waals surface area contributed by atoms with E-state index in [-0.39, 0.29) is 11.3 Å². The van der Waals surface area contributed by atoms with E-state index in [9.17, 15) is 14.7 Å². The Labute approximate surface area is 115 Å². The number of carbonyl (C=O) groups excluding carboxylic acids is 1. The third-order valence-corrected chi connectivity index (χ3v) is 6.61. The fourth-order valence-electron chi connectivity index (χ4n) is 2.46. The monoisotopic (exact) mass is 290 g/mol. The van der Waals surface area contributed by atoms with Crippen molar-refractivity contribution in [3.05, 3.63) is 0 Å². The van der Waals surface area contributed by atoms with Gasteiger partial charge in [0.1, 0.15) is 11.4 Å². The molecule has 0 aromatic carbocycles. The molecule has 2 heterocycles. The van der Waals surface area contributed by atoms with Crippen molar-refractivity contribution in [3.8, 4) is 0 Å². The summed E-state index contributed by atoms with van der Waals surface area (Å²) in [6, 6.07) is -0.779. The molecule has 3 N–H and O–H groups in total. The molecule has 7 heteroatoms. The average molecular weight is 290 g/mol. The molecular weight excluding hydrogens is 272 g/mol. The third-order valence-electron chi connectivity index (χ3n) is 3.32. The number of β-lactam (4-membered cyclic amide) rings is 1. The smallest absolute Gasteiger partial charge is 0.327 e. The Hall–Kier alpha value is -0.400. The van der Waals surface area contributed by atoms with Gasteiger partial charge in [0.25, 0.3) is 5.91 Å². The Morgan fingerprint density at radius 2 is 2.22 bits per heavy atom. The van der Waals surface area contributed by atoms with Crippen LogP contribution in [0.1, 0.15) is 27.2 Å². The van der Waals surface area contributed by atoms with E-state index in [1.807, 2.05) is 20.8 Å². The molecule has 2 aliphatic heterocycles. The lowest BCUT2D eigenvalue weighted by molar-refractivity contribution is -0.160. The van der Waals surface area contributed by atoms with Gasteiger partial charge in [0.2, 0.25) is 0 Å². The van der Waals surface area contributed by atoms with Gasteiger partial charge in [-0.2, -0.15) is 0 Å². The zero-order chi connectivity index (χ0) is 13.7. The molecule has 0 aliphatic carbocycles. The molecule has 102 valence electrons. The molecule has 0 bridgehead atoms. The van der Waals surface area contributed by atoms with Gasteiger partial charge >= 0.3 is 5.97 Å². The molecule has 0 radical (unpaired) electrons. The number of carboxylic acid groups (broad SMARTS) is 1. The second kappa shape index (κ2) is 4.31. The number of thioether (sulfide) groups is 2. The summed E-state index contributed by atoms with van der Waals surface area (Å²) in [6.07, 6.45) is 0.944. The van der Waals surface area contributed by atoms with E-state index in [0.29, 0.717) is 0 Å². The highest BCUT2D eigenvalue weighted by Gasteiger charge is 2.70. The summed E-state index contributed by atoms with van der Waals surface area (Å²) < 4.78 is -0.500. The minimum Gasteiger partial charge on any atom is -0.480 e. The van der Waals surface area contributed by atoms with Crippen molar-refractivity contribution in [1.82, 2.24) is 4.90 Å². The Morgan fingerprint density at radius 1 is 1.61 bits per heavy atom. The zero-order valence-electron chi connectivity index (χ0n) is 10.7. The fraction of sp³-hybridized carbons (Fsp3) is 0.818. The Bertz CT molecular complexity index is 402. The van der Waals surface area contributed by atoms with Crippen molar-refractivity contribution in [2.75, 3.05) is 5.75 Å². The van der Waals surface area contributed by atoms with Crippen LogP contribution in [0.15, 0.2) is 0 Å². The second-order valence-corrected chi connectivity index (χ2v) is 8.28. The van der Waals surface area contributed by atoms with Crippen molar-refractivity contribution in [2.24, 2.45) is 5.73 Å². The maximum atomic E-state index is 12.2. The van der Waals surface area contributed by atoms with Crippen molar-refractivity contribution >= 4 is 35.4 Å². The minimum absolute atomic E-state index is 0.224. The largest absolute Gasteiger partial charge is 0.480 e. The first-order chi connectivity index (χ1) is 8.25. The quantitative estimate of drug-likeness (QED) is 0.592. The highest BCUT2D eigenvalue weighted by Crippen LogP contribution is 2.57. The second-order valence-electron chi connectivity index (χ2n) is 5.17. The summed E-state index contributed by atoms with van der Waals surface area (Å²) in [6.45, 7) is 5.74. The summed E-state index contributed by atoms with van der Waals surface area (Å²) in [4.78, 5) is 24.0. The SMILES string of the molecule is CCCSC1(N)C(=O)N2[C@@H](C(=O)O)C(C)(C)S[C@@H]21. The van der Waals surface area contributed by atoms with Crippen molar-refractivity contribution in [1.29, 1.82) is 0 Å². The highest BCUT2D eigenvalue weighted by atomic mass is 32.2. The number of aliphatic carboxylic acids is 1. The summed E-state index contributed by atoms with van der Waals surface area (Å²) >= 11 is 2.93. The number of rotatable bonds is 4. The van der Waals surface area contributed by atoms with Crippen LogP contribution in [0.3, 0.4) is 0 Å². The zero-order valence-corrected chi connectivity index (χ0v) is 12.3. The van der Waals surface area contributed by atoms with Crippen LogP contribution in [0.25, 0.3) is 0 Å². The summed E-state index contributed by atoms with van der Waals surface area (Å²) in [5.74, 6) is -0.381. The van der Waals surface area contributed by atoms with Gasteiger partial charge in [0.05, 0.1) is 0 Å². The van der Waals surface area contributed by atoms with Crippen molar-refractivity contribution in [2.45, 2.75) is 48.2 Å². The van der Waals surface area contributed by atoms with Gasteiger partial charge < -0.3 is 15.7 Å². The van der Waals surface area contributed by atoms with E-state index in [1.165, 1.54) is 28.4 Å². The van der Waals surface area contributed by atoms with Crippen LogP contribution in [-0.2, 0) is 9.59 Å². The molecule has 3 atom stereocenters. The first-order valence-electron chi connectivity index (χ1n) is 5.92. The molecule has 1 amide bonds. The maximum absolute atomic E-state index is 12.2. The van der Waals surface area contributed by atoms with E-state index in [0.717, 1.165) is 12.2 Å². The molecular formula is C11H18N2O3S2. The number of carboxylic acids is 1. The summed E-state index contributed by atoms with van der Waals surface area (Å²) in [5.41, 5.74) is 6.16. The number of nitrogens with two attached hydrogens (primary N) is 1. The predicted molar refractivity (Wildman–Crippen MR) is 73.4 cm³/mol. The lowest BCUT2D eigenvalue weighted by atomic mass is 9.96. The standard InChI is InChI=1S/C11H18N2O3S2/c1-4-5-17-11(12)8(16)13-6(7(14)15)10(2,3)18-9(11)13/h6,9H,4-5,12H2,1-3H3,(H,14,15)/t6-,9+,11?/m0/s1. The predicted octanol–water partition coefficient (Wildman–Crippen LogP) is 0.931. The van der Waals surface area contributed by atoms with Crippen LogP contribution in [0, 0.1) is 0 Å². The minimum atomic E-state index is -0.953. The number of amides is 1. The molecule has 2 aliphatic rings. The van der Waals surface area contributed by atoms with Crippen LogP contribution < -0.4 is 5.73 Å². The van der Waals surface area contributed by atoms with Crippen LogP contribution in [0.4, 0.5) is 0 Å². The Balaban J connectivity index is 2.24. The Kier molecular flexibility index (Phi) is 3.36. The molecule has 2 saturated heterocycles. The molecule has 0 aromatic rings. The normalized spacial score (nSPS) is 37.3. The number of hydrogen-bond acceptors (Lipinski definition) is 5. The third kappa shape index (κ3) is 1.75. The van der Waals surface area contributed by atoms with E-state index < -0.39 is 21.6 Å². The van der Waals surface area contributed by atoms with Crippen LogP contribution in [0.5, 0.6) is 0 Å². The van der Waals surface area contributed by atoms with Gasteiger partial charge in [-0.05, 0) is 26.0 Å². The fourth-order valence-corrected chi connectivity index (χ4v) is 5.36. The molecule has 5 nitrogen and oxygen atoms in total. The molecule has 0 spiro atoms. The lowest BCUT2D eigenvalue weighted by Crippen LogP contribution is -2.76. The average Bonchev–Trinajstić information content (AvgIpc) is 2.55. The van der Waals surface area contributed by atoms with Crippen LogP contribution >= 0.6 is 23.5 Å². The summed E-state index contributed by atoms with van der Waals surface area (Å²) in [5, 5.41) is 9.06. The van der Waals surface area contributed by atoms with E-state index >= 15 is 0 Å². The molecule has 18 heavy (non-hydrogen) atoms. The number of carbonyl (C=O) groups is 2. The van der Waals surface area contributed by atoms with Gasteiger partial charge in [0, 0.05) is 4.75 Å². The molecule has 1 unspecified atom stereocenters. The van der Waals surface area contributed by atoms with Crippen molar-refractivity contribution < 1.29 is 14.7 Å². The maximum Gasteiger partial charge on any atom is 0.327 e. The first kappa shape index (κ1) is 14.0. The number of nitrogens with zero attached hydrogens (tertiary/aromatic N) is 1. The summed E-state index contributed by atoms with van der Waals surface area (Å²) in [7, 11) is 0. The first-order valence-corrected chi connectivity index (χ1v) is 7.78. The molecule has 0 saturated carbocycles. The number of hydrogen-bond donors (Lipinski definition) is 2. The van der Waals surface area contributed by atoms with E-state index in [4.69, 9.17) is 5.73 Å². The van der Waals surface area contributed by atoms with Crippen LogP contribution in [-0.4, -0.2) is 48.7 Å². The van der Waals surface area contributed by atoms with Gasteiger partial charge in [0.15, 0.2) is 4.87 Å². The van der Waals surface area contributed by atoms with E-state index in [2.05, 4.69) is 0 Å². The van der Waals surface area contributed by atoms with Gasteiger partial charge in [-0.15, -0.1) is 23.5 Å². The molecule has 0 aromatic heterocycles. The topological polar surface area (TPSA) is 83.6 Å². The van der Waals surface area contributed by atoms with Gasteiger partial charge in [-0.1, -0.05) is 6.92 Å². The Morgan fingerprint density at radius 3 is 2.72 bits per heavy atom. The lowest BCUT2D eigenvalue weighted by Gasteiger charge is -2.50. The molecule has 2 rings (SSSR count). The van der Waals surface area contributed by atoms with E-state index in [1.54, 1.807) is 0 Å². The van der Waals surface area contributed by atoms with Gasteiger partial charge in [-0.25, -0.2) is 4.79 Å².